The van der Waals surface area contributed by atoms with Crippen molar-refractivity contribution in [1.29, 1.82) is 0 Å². The number of nitro groups is 1. The molecule has 0 spiro atoms. The number of nitro benzene ring substituents is 1. The highest BCUT2D eigenvalue weighted by Crippen LogP contribution is 2.27. The fourth-order valence-electron chi connectivity index (χ4n) is 1.61. The van der Waals surface area contributed by atoms with Gasteiger partial charge in [-0.3, -0.25) is 10.1 Å². The number of hydrogen-bond acceptors (Lipinski definition) is 3. The minimum Gasteiger partial charge on any atom is -0.342 e. The van der Waals surface area contributed by atoms with Crippen molar-refractivity contribution in [2.24, 2.45) is 0 Å². The molecular weight excluding hydrogens is 194 g/mol. The van der Waals surface area contributed by atoms with Crippen LogP contribution in [0, 0.1) is 17.0 Å². The quantitative estimate of drug-likeness (QED) is 0.604. The molecule has 0 aliphatic heterocycles. The molecule has 0 aliphatic carbocycles. The van der Waals surface area contributed by atoms with E-state index < -0.39 is 0 Å². The van der Waals surface area contributed by atoms with Gasteiger partial charge in [-0.25, -0.2) is 4.98 Å². The lowest BCUT2D eigenvalue weighted by molar-refractivity contribution is -0.383. The molecule has 0 bridgehead atoms. The second-order valence-corrected chi connectivity index (χ2v) is 3.42. The molecule has 0 fully saturated rings. The minimum absolute atomic E-state index is 0.100. The second kappa shape index (κ2) is 3.34. The first-order valence-corrected chi connectivity index (χ1v) is 4.76. The summed E-state index contributed by atoms with van der Waals surface area (Å²) in [5.41, 5.74) is 1.92. The average molecular weight is 205 g/mol. The summed E-state index contributed by atoms with van der Waals surface area (Å²) in [6, 6.07) is 3.56. The van der Waals surface area contributed by atoms with Crippen LogP contribution in [-0.4, -0.2) is 14.9 Å². The summed E-state index contributed by atoms with van der Waals surface area (Å²) in [6.07, 6.45) is 0.741. The highest BCUT2D eigenvalue weighted by molar-refractivity contribution is 5.86. The van der Waals surface area contributed by atoms with Crippen LogP contribution in [0.15, 0.2) is 12.1 Å². The van der Waals surface area contributed by atoms with Crippen LogP contribution in [0.3, 0.4) is 0 Å². The van der Waals surface area contributed by atoms with Crippen LogP contribution in [0.2, 0.25) is 0 Å². The largest absolute Gasteiger partial charge is 0.342 e. The third kappa shape index (κ3) is 1.45. The first kappa shape index (κ1) is 9.64. The fourth-order valence-corrected chi connectivity index (χ4v) is 1.61. The Bertz CT molecular complexity index is 531. The zero-order valence-corrected chi connectivity index (χ0v) is 8.57. The normalized spacial score (nSPS) is 10.8. The lowest BCUT2D eigenvalue weighted by Crippen LogP contribution is -1.92. The van der Waals surface area contributed by atoms with Crippen molar-refractivity contribution in [2.75, 3.05) is 0 Å². The molecule has 1 heterocycles. The van der Waals surface area contributed by atoms with Crippen molar-refractivity contribution in [3.63, 3.8) is 0 Å². The van der Waals surface area contributed by atoms with E-state index in [1.165, 1.54) is 0 Å². The number of aromatic amines is 1. The van der Waals surface area contributed by atoms with Crippen LogP contribution in [0.25, 0.3) is 11.0 Å². The lowest BCUT2D eigenvalue weighted by Gasteiger charge is -1.96. The maximum atomic E-state index is 10.9. The van der Waals surface area contributed by atoms with Crippen molar-refractivity contribution in [2.45, 2.75) is 20.3 Å². The molecule has 0 radical (unpaired) electrons. The van der Waals surface area contributed by atoms with Gasteiger partial charge in [0.05, 0.1) is 10.4 Å². The maximum Gasteiger partial charge on any atom is 0.299 e. The predicted molar refractivity (Wildman–Crippen MR) is 56.9 cm³/mol. The van der Waals surface area contributed by atoms with Crippen LogP contribution < -0.4 is 0 Å². The summed E-state index contributed by atoms with van der Waals surface area (Å²) in [4.78, 5) is 17.8. The summed E-state index contributed by atoms with van der Waals surface area (Å²) in [6.45, 7) is 3.67. The molecule has 1 aromatic heterocycles. The third-order valence-electron chi connectivity index (χ3n) is 2.40. The molecule has 5 heteroatoms. The summed E-state index contributed by atoms with van der Waals surface area (Å²) >= 11 is 0. The molecule has 0 amide bonds. The Kier molecular flexibility index (Phi) is 2.15. The first-order valence-electron chi connectivity index (χ1n) is 4.76. The number of fused-ring (bicyclic) bond motifs is 1. The van der Waals surface area contributed by atoms with Gasteiger partial charge >= 0.3 is 0 Å². The Morgan fingerprint density at radius 2 is 2.27 bits per heavy atom. The third-order valence-corrected chi connectivity index (χ3v) is 2.40. The van der Waals surface area contributed by atoms with Crippen molar-refractivity contribution < 1.29 is 4.92 Å². The number of H-pyrrole nitrogens is 1. The molecule has 0 atom stereocenters. The predicted octanol–water partition coefficient (Wildman–Crippen LogP) is 2.34. The Hall–Kier alpha value is -1.91. The fraction of sp³-hybridized carbons (Fsp3) is 0.300. The molecule has 0 unspecified atom stereocenters. The average Bonchev–Trinajstić information content (AvgIpc) is 2.59. The molecule has 2 aromatic rings. The van der Waals surface area contributed by atoms with Gasteiger partial charge in [-0.1, -0.05) is 13.0 Å². The van der Waals surface area contributed by atoms with E-state index in [1.807, 2.05) is 13.0 Å². The van der Waals surface area contributed by atoms with Crippen molar-refractivity contribution >= 4 is 16.7 Å². The van der Waals surface area contributed by atoms with E-state index in [1.54, 1.807) is 13.0 Å². The number of aromatic nitrogens is 2. The van der Waals surface area contributed by atoms with Gasteiger partial charge in [-0.2, -0.15) is 0 Å². The standard InChI is InChI=1S/C10H11N3O2/c1-3-8-11-7-5-4-6(2)10(13(14)15)9(7)12-8/h4-5H,3H2,1-2H3,(H,11,12). The number of benzene rings is 1. The van der Waals surface area contributed by atoms with Gasteiger partial charge < -0.3 is 4.98 Å². The number of nitrogens with zero attached hydrogens (tertiary/aromatic N) is 2. The molecule has 78 valence electrons. The lowest BCUT2D eigenvalue weighted by atomic mass is 10.2. The Labute approximate surface area is 86.3 Å². The van der Waals surface area contributed by atoms with E-state index in [2.05, 4.69) is 9.97 Å². The molecule has 2 rings (SSSR count). The van der Waals surface area contributed by atoms with Crippen molar-refractivity contribution in [3.05, 3.63) is 33.6 Å². The van der Waals surface area contributed by atoms with E-state index in [9.17, 15) is 10.1 Å². The SMILES string of the molecule is CCc1nc2c([N+](=O)[O-])c(C)ccc2[nH]1. The molecule has 0 saturated heterocycles. The van der Waals surface area contributed by atoms with E-state index in [0.29, 0.717) is 11.1 Å². The summed E-state index contributed by atoms with van der Waals surface area (Å²) < 4.78 is 0. The monoisotopic (exact) mass is 205 g/mol. The van der Waals surface area contributed by atoms with Gasteiger partial charge in [0.1, 0.15) is 5.82 Å². The number of rotatable bonds is 2. The van der Waals surface area contributed by atoms with Crippen LogP contribution in [0.1, 0.15) is 18.3 Å². The molecular formula is C10H11N3O2. The van der Waals surface area contributed by atoms with Gasteiger partial charge in [0, 0.05) is 12.0 Å². The van der Waals surface area contributed by atoms with E-state index in [0.717, 1.165) is 17.8 Å². The van der Waals surface area contributed by atoms with Gasteiger partial charge in [-0.05, 0) is 13.0 Å². The summed E-state index contributed by atoms with van der Waals surface area (Å²) in [5.74, 6) is 0.777. The van der Waals surface area contributed by atoms with Crippen LogP contribution >= 0.6 is 0 Å². The zero-order valence-electron chi connectivity index (χ0n) is 8.57. The first-order chi connectivity index (χ1) is 7.13. The molecule has 0 saturated carbocycles. The number of imidazole rings is 1. The maximum absolute atomic E-state index is 10.9. The van der Waals surface area contributed by atoms with Gasteiger partial charge in [-0.15, -0.1) is 0 Å². The minimum atomic E-state index is -0.377. The summed E-state index contributed by atoms with van der Waals surface area (Å²) in [5, 5.41) is 10.9. The highest BCUT2D eigenvalue weighted by Gasteiger charge is 2.18. The van der Waals surface area contributed by atoms with Crippen LogP contribution in [0.4, 0.5) is 5.69 Å². The van der Waals surface area contributed by atoms with Crippen molar-refractivity contribution in [1.82, 2.24) is 9.97 Å². The van der Waals surface area contributed by atoms with Crippen LogP contribution in [0.5, 0.6) is 0 Å². The van der Waals surface area contributed by atoms with Gasteiger partial charge in [0.15, 0.2) is 5.52 Å². The topological polar surface area (TPSA) is 71.8 Å². The van der Waals surface area contributed by atoms with Crippen molar-refractivity contribution in [3.8, 4) is 0 Å². The molecule has 0 aliphatic rings. The number of aryl methyl sites for hydroxylation is 2. The number of nitrogens with one attached hydrogen (secondary N) is 1. The summed E-state index contributed by atoms with van der Waals surface area (Å²) in [7, 11) is 0. The Balaban J connectivity index is 2.80. The van der Waals surface area contributed by atoms with E-state index in [4.69, 9.17) is 0 Å². The Morgan fingerprint density at radius 1 is 1.53 bits per heavy atom. The van der Waals surface area contributed by atoms with Gasteiger partial charge in [0.25, 0.3) is 5.69 Å². The molecule has 1 aromatic carbocycles. The molecule has 5 nitrogen and oxygen atoms in total. The van der Waals surface area contributed by atoms with Crippen LogP contribution in [-0.2, 0) is 6.42 Å². The zero-order chi connectivity index (χ0) is 11.0. The smallest absolute Gasteiger partial charge is 0.299 e. The Morgan fingerprint density at radius 3 is 2.87 bits per heavy atom. The highest BCUT2D eigenvalue weighted by atomic mass is 16.6. The molecule has 15 heavy (non-hydrogen) atoms. The molecule has 1 N–H and O–H groups in total. The van der Waals surface area contributed by atoms with E-state index >= 15 is 0 Å². The second-order valence-electron chi connectivity index (χ2n) is 3.42. The van der Waals surface area contributed by atoms with E-state index in [-0.39, 0.29) is 10.6 Å². The number of hydrogen-bond donors (Lipinski definition) is 1. The van der Waals surface area contributed by atoms with Gasteiger partial charge in [0.2, 0.25) is 0 Å².